The summed E-state index contributed by atoms with van der Waals surface area (Å²) in [5.41, 5.74) is 2.66. The standard InChI is InChI=1S/C31H32N4O6/c1-31(2,3)41-29(38)23-16-21(14-15-32-23)20-8-11-24-26(17-20)33(4)30(39)35(24)25-12-13-27(36)34(28(25)37)18-19-6-9-22(40-5)10-7-19/h6-11,14-17,25H,12-13,18H2,1-5H3. The first-order chi connectivity index (χ1) is 19.5. The van der Waals surface area contributed by atoms with Gasteiger partial charge in [0.25, 0.3) is 5.91 Å². The van der Waals surface area contributed by atoms with Crippen LogP contribution in [0.25, 0.3) is 22.2 Å². The molecule has 1 saturated heterocycles. The zero-order valence-corrected chi connectivity index (χ0v) is 23.7. The molecule has 0 N–H and O–H groups in total. The number of hydrogen-bond acceptors (Lipinski definition) is 7. The van der Waals surface area contributed by atoms with Crippen molar-refractivity contribution in [1.29, 1.82) is 0 Å². The van der Waals surface area contributed by atoms with Crippen molar-refractivity contribution in [3.05, 3.63) is 82.5 Å². The van der Waals surface area contributed by atoms with Gasteiger partial charge in [-0.3, -0.25) is 23.6 Å². The van der Waals surface area contributed by atoms with Gasteiger partial charge in [-0.1, -0.05) is 18.2 Å². The van der Waals surface area contributed by atoms with Gasteiger partial charge in [0, 0.05) is 19.7 Å². The molecule has 1 atom stereocenters. The molecule has 2 aromatic carbocycles. The Morgan fingerprint density at radius 3 is 2.37 bits per heavy atom. The van der Waals surface area contributed by atoms with Crippen LogP contribution in [-0.4, -0.2) is 49.5 Å². The molecule has 5 rings (SSSR count). The zero-order chi connectivity index (χ0) is 29.5. The van der Waals surface area contributed by atoms with Crippen LogP contribution in [0.4, 0.5) is 0 Å². The predicted molar refractivity (Wildman–Crippen MR) is 152 cm³/mol. The molecule has 0 spiro atoms. The summed E-state index contributed by atoms with van der Waals surface area (Å²) in [7, 11) is 3.22. The molecule has 10 nitrogen and oxygen atoms in total. The maximum atomic E-state index is 13.6. The summed E-state index contributed by atoms with van der Waals surface area (Å²) in [4.78, 5) is 57.8. The van der Waals surface area contributed by atoms with Gasteiger partial charge < -0.3 is 9.47 Å². The summed E-state index contributed by atoms with van der Waals surface area (Å²) in [6, 6.07) is 15.2. The van der Waals surface area contributed by atoms with Crippen LogP contribution < -0.4 is 10.4 Å². The number of ether oxygens (including phenoxy) is 2. The van der Waals surface area contributed by atoms with Gasteiger partial charge in [0.05, 0.1) is 24.7 Å². The van der Waals surface area contributed by atoms with Crippen LogP contribution >= 0.6 is 0 Å². The van der Waals surface area contributed by atoms with Crippen LogP contribution in [0.5, 0.6) is 5.75 Å². The van der Waals surface area contributed by atoms with Gasteiger partial charge in [0.2, 0.25) is 5.91 Å². The second kappa shape index (κ2) is 10.7. The monoisotopic (exact) mass is 556 g/mol. The van der Waals surface area contributed by atoms with E-state index >= 15 is 0 Å². The number of esters is 1. The number of aryl methyl sites for hydroxylation is 1. The van der Waals surface area contributed by atoms with Crippen LogP contribution in [-0.2, 0) is 27.9 Å². The molecule has 1 fully saturated rings. The lowest BCUT2D eigenvalue weighted by Gasteiger charge is -2.31. The largest absolute Gasteiger partial charge is 0.497 e. The van der Waals surface area contributed by atoms with Gasteiger partial charge in [-0.2, -0.15) is 0 Å². The van der Waals surface area contributed by atoms with Crippen LogP contribution in [0.15, 0.2) is 65.6 Å². The number of imide groups is 1. The number of piperidine rings is 1. The van der Waals surface area contributed by atoms with E-state index in [2.05, 4.69) is 4.98 Å². The van der Waals surface area contributed by atoms with Crippen LogP contribution in [0.1, 0.15) is 55.7 Å². The van der Waals surface area contributed by atoms with Crippen molar-refractivity contribution in [2.24, 2.45) is 7.05 Å². The molecule has 0 aliphatic carbocycles. The van der Waals surface area contributed by atoms with E-state index in [1.165, 1.54) is 20.2 Å². The third-order valence-corrected chi connectivity index (χ3v) is 7.09. The fourth-order valence-corrected chi connectivity index (χ4v) is 5.04. The summed E-state index contributed by atoms with van der Waals surface area (Å²) in [6.45, 7) is 5.49. The molecule has 1 aliphatic rings. The number of carbonyl (C=O) groups excluding carboxylic acids is 3. The number of methoxy groups -OCH3 is 1. The molecule has 1 unspecified atom stereocenters. The average Bonchev–Trinajstić information content (AvgIpc) is 3.19. The third-order valence-electron chi connectivity index (χ3n) is 7.09. The van der Waals surface area contributed by atoms with Gasteiger partial charge in [-0.15, -0.1) is 0 Å². The lowest BCUT2D eigenvalue weighted by molar-refractivity contribution is -0.151. The molecule has 0 bridgehead atoms. The minimum absolute atomic E-state index is 0.115. The second-order valence-corrected chi connectivity index (χ2v) is 11.1. The molecule has 0 radical (unpaired) electrons. The van der Waals surface area contributed by atoms with E-state index in [9.17, 15) is 19.2 Å². The lowest BCUT2D eigenvalue weighted by atomic mass is 10.0. The van der Waals surface area contributed by atoms with Gasteiger partial charge in [-0.25, -0.2) is 14.6 Å². The quantitative estimate of drug-likeness (QED) is 0.258. The van der Waals surface area contributed by atoms with Crippen LogP contribution in [0, 0.1) is 0 Å². The highest BCUT2D eigenvalue weighted by molar-refractivity contribution is 6.00. The number of rotatable bonds is 6. The molecule has 4 aromatic rings. The molecular formula is C31H32N4O6. The number of aromatic nitrogens is 3. The number of fused-ring (bicyclic) bond motifs is 1. The number of carbonyl (C=O) groups is 3. The van der Waals surface area contributed by atoms with Crippen molar-refractivity contribution in [2.75, 3.05) is 7.11 Å². The van der Waals surface area contributed by atoms with E-state index in [1.807, 2.05) is 24.3 Å². The number of hydrogen-bond donors (Lipinski definition) is 0. The Balaban J connectivity index is 1.47. The smallest absolute Gasteiger partial charge is 0.357 e. The highest BCUT2D eigenvalue weighted by atomic mass is 16.6. The second-order valence-electron chi connectivity index (χ2n) is 11.1. The van der Waals surface area contributed by atoms with Gasteiger partial charge >= 0.3 is 11.7 Å². The summed E-state index contributed by atoms with van der Waals surface area (Å²) >= 11 is 0. The first-order valence-corrected chi connectivity index (χ1v) is 13.3. The fraction of sp³-hybridized carbons (Fsp3) is 0.323. The van der Waals surface area contributed by atoms with E-state index in [4.69, 9.17) is 9.47 Å². The summed E-state index contributed by atoms with van der Waals surface area (Å²) in [5.74, 6) is -0.524. The Hall–Kier alpha value is -4.73. The number of likely N-dealkylation sites (tertiary alicyclic amines) is 1. The van der Waals surface area contributed by atoms with Crippen molar-refractivity contribution >= 4 is 28.8 Å². The summed E-state index contributed by atoms with van der Waals surface area (Å²) in [5, 5.41) is 0. The average molecular weight is 557 g/mol. The van der Waals surface area contributed by atoms with Gasteiger partial charge in [-0.05, 0) is 80.3 Å². The molecular weight excluding hydrogens is 524 g/mol. The molecule has 10 heteroatoms. The van der Waals surface area contributed by atoms with E-state index in [1.54, 1.807) is 65.3 Å². The highest BCUT2D eigenvalue weighted by Crippen LogP contribution is 2.30. The van der Waals surface area contributed by atoms with E-state index in [-0.39, 0.29) is 36.7 Å². The number of amides is 2. The Kier molecular flexibility index (Phi) is 7.25. The predicted octanol–water partition coefficient (Wildman–Crippen LogP) is 4.26. The van der Waals surface area contributed by atoms with Crippen molar-refractivity contribution in [3.63, 3.8) is 0 Å². The van der Waals surface area contributed by atoms with Gasteiger partial charge in [0.15, 0.2) is 0 Å². The first-order valence-electron chi connectivity index (χ1n) is 13.3. The molecule has 2 aromatic heterocycles. The maximum Gasteiger partial charge on any atom is 0.357 e. The van der Waals surface area contributed by atoms with E-state index in [0.717, 1.165) is 16.7 Å². The van der Waals surface area contributed by atoms with Gasteiger partial charge in [0.1, 0.15) is 23.1 Å². The summed E-state index contributed by atoms with van der Waals surface area (Å²) in [6.07, 6.45) is 1.93. The molecule has 41 heavy (non-hydrogen) atoms. The van der Waals surface area contributed by atoms with E-state index < -0.39 is 23.5 Å². The Labute approximate surface area is 237 Å². The van der Waals surface area contributed by atoms with Crippen molar-refractivity contribution in [2.45, 2.75) is 51.8 Å². The van der Waals surface area contributed by atoms with Crippen molar-refractivity contribution in [1.82, 2.24) is 19.0 Å². The zero-order valence-electron chi connectivity index (χ0n) is 23.7. The third kappa shape index (κ3) is 5.50. The van der Waals surface area contributed by atoms with Crippen molar-refractivity contribution in [3.8, 4) is 16.9 Å². The topological polar surface area (TPSA) is 113 Å². The number of benzene rings is 2. The Morgan fingerprint density at radius 1 is 0.976 bits per heavy atom. The lowest BCUT2D eigenvalue weighted by Crippen LogP contribution is -2.47. The minimum atomic E-state index is -0.812. The Bertz CT molecular complexity index is 1710. The molecule has 2 amide bonds. The van der Waals surface area contributed by atoms with Crippen LogP contribution in [0.3, 0.4) is 0 Å². The maximum absolute atomic E-state index is 13.6. The molecule has 3 heterocycles. The number of imidazole rings is 1. The van der Waals surface area contributed by atoms with Crippen LogP contribution in [0.2, 0.25) is 0 Å². The minimum Gasteiger partial charge on any atom is -0.497 e. The summed E-state index contributed by atoms with van der Waals surface area (Å²) < 4.78 is 13.6. The SMILES string of the molecule is COc1ccc(CN2C(=O)CCC(n3c(=O)n(C)c4cc(-c5ccnc(C(=O)OC(C)(C)C)c5)ccc43)C2=O)cc1. The molecule has 0 saturated carbocycles. The molecule has 212 valence electrons. The highest BCUT2D eigenvalue weighted by Gasteiger charge is 2.37. The Morgan fingerprint density at radius 2 is 1.68 bits per heavy atom. The number of pyridine rings is 1. The van der Waals surface area contributed by atoms with E-state index in [0.29, 0.717) is 16.8 Å². The molecule has 1 aliphatic heterocycles. The fourth-order valence-electron chi connectivity index (χ4n) is 5.04. The number of nitrogens with zero attached hydrogens (tertiary/aromatic N) is 4. The normalized spacial score (nSPS) is 15.8. The van der Waals surface area contributed by atoms with Crippen molar-refractivity contribution < 1.29 is 23.9 Å². The first kappa shape index (κ1) is 27.8.